The number of hydrogen-bond acceptors (Lipinski definition) is 4. The SMILES string of the molecule is CN(C(=O)N1CCCC1C(F)(F)F)C1CCN(c2ncnc3[nH]ccc23)C1. The average Bonchev–Trinajstić information content (AvgIpc) is 3.38. The molecule has 4 rings (SSSR count). The minimum atomic E-state index is -4.38. The van der Waals surface area contributed by atoms with E-state index in [-0.39, 0.29) is 19.0 Å². The molecule has 2 amide bonds. The molecular formula is C17H21F3N6O. The number of halogens is 3. The molecule has 2 aromatic heterocycles. The predicted octanol–water partition coefficient (Wildman–Crippen LogP) is 2.62. The quantitative estimate of drug-likeness (QED) is 0.867. The molecule has 0 bridgehead atoms. The summed E-state index contributed by atoms with van der Waals surface area (Å²) in [5.41, 5.74) is 0.734. The van der Waals surface area contributed by atoms with Crippen molar-refractivity contribution in [2.75, 3.05) is 31.6 Å². The van der Waals surface area contributed by atoms with Gasteiger partial charge < -0.3 is 19.7 Å². The van der Waals surface area contributed by atoms with E-state index < -0.39 is 18.2 Å². The summed E-state index contributed by atoms with van der Waals surface area (Å²) >= 11 is 0. The summed E-state index contributed by atoms with van der Waals surface area (Å²) in [4.78, 5) is 28.7. The number of carbonyl (C=O) groups is 1. The smallest absolute Gasteiger partial charge is 0.354 e. The standard InChI is InChI=1S/C17H21F3N6O/c1-24(16(27)26-7-2-3-13(26)17(18,19)20)11-5-8-25(9-11)15-12-4-6-21-14(12)22-10-23-15/h4,6,10-11,13H,2-3,5,7-9H2,1H3,(H,21,22,23). The first-order chi connectivity index (χ1) is 12.9. The lowest BCUT2D eigenvalue weighted by molar-refractivity contribution is -0.170. The van der Waals surface area contributed by atoms with E-state index in [0.29, 0.717) is 25.9 Å². The van der Waals surface area contributed by atoms with E-state index in [0.717, 1.165) is 21.8 Å². The Morgan fingerprint density at radius 3 is 2.89 bits per heavy atom. The van der Waals surface area contributed by atoms with Gasteiger partial charge in [-0.3, -0.25) is 0 Å². The van der Waals surface area contributed by atoms with Gasteiger partial charge in [0.2, 0.25) is 0 Å². The first-order valence-corrected chi connectivity index (χ1v) is 8.99. The highest BCUT2D eigenvalue weighted by atomic mass is 19.4. The van der Waals surface area contributed by atoms with Gasteiger partial charge in [-0.15, -0.1) is 0 Å². The van der Waals surface area contributed by atoms with Gasteiger partial charge in [0.05, 0.1) is 11.4 Å². The van der Waals surface area contributed by atoms with E-state index in [4.69, 9.17) is 0 Å². The lowest BCUT2D eigenvalue weighted by Gasteiger charge is -2.33. The van der Waals surface area contributed by atoms with Crippen molar-refractivity contribution in [1.29, 1.82) is 0 Å². The highest BCUT2D eigenvalue weighted by Crippen LogP contribution is 2.34. The molecule has 4 heterocycles. The molecule has 2 unspecified atom stereocenters. The van der Waals surface area contributed by atoms with Crippen LogP contribution in [0.15, 0.2) is 18.6 Å². The van der Waals surface area contributed by atoms with Crippen LogP contribution in [0.5, 0.6) is 0 Å². The number of nitrogens with one attached hydrogen (secondary N) is 1. The summed E-state index contributed by atoms with van der Waals surface area (Å²) in [6.07, 6.45) is -0.0668. The molecule has 1 N–H and O–H groups in total. The number of H-pyrrole nitrogens is 1. The number of aromatic nitrogens is 3. The van der Waals surface area contributed by atoms with Gasteiger partial charge in [0.1, 0.15) is 23.8 Å². The molecule has 7 nitrogen and oxygen atoms in total. The summed E-state index contributed by atoms with van der Waals surface area (Å²) in [7, 11) is 1.59. The Kier molecular flexibility index (Phi) is 4.35. The molecule has 0 saturated carbocycles. The molecule has 0 aliphatic carbocycles. The minimum absolute atomic E-state index is 0.0215. The molecule has 10 heteroatoms. The number of alkyl halides is 3. The number of rotatable bonds is 2. The fourth-order valence-corrected chi connectivity index (χ4v) is 4.06. The molecule has 2 saturated heterocycles. The van der Waals surface area contributed by atoms with Crippen LogP contribution in [0.1, 0.15) is 19.3 Å². The Morgan fingerprint density at radius 1 is 1.30 bits per heavy atom. The topological polar surface area (TPSA) is 68.4 Å². The van der Waals surface area contributed by atoms with E-state index in [1.165, 1.54) is 11.2 Å². The summed E-state index contributed by atoms with van der Waals surface area (Å²) in [6.45, 7) is 1.37. The van der Waals surface area contributed by atoms with Crippen LogP contribution in [0.3, 0.4) is 0 Å². The first kappa shape index (κ1) is 17.9. The molecule has 2 aliphatic rings. The van der Waals surface area contributed by atoms with Crippen molar-refractivity contribution >= 4 is 22.9 Å². The molecular weight excluding hydrogens is 361 g/mol. The van der Waals surface area contributed by atoms with Crippen LogP contribution in [0, 0.1) is 0 Å². The molecule has 0 aromatic carbocycles. The zero-order valence-electron chi connectivity index (χ0n) is 14.9. The fraction of sp³-hybridized carbons (Fsp3) is 0.588. The largest absolute Gasteiger partial charge is 0.408 e. The maximum Gasteiger partial charge on any atom is 0.408 e. The lowest BCUT2D eigenvalue weighted by atomic mass is 10.2. The second-order valence-corrected chi connectivity index (χ2v) is 7.11. The van der Waals surface area contributed by atoms with E-state index in [1.54, 1.807) is 13.2 Å². The van der Waals surface area contributed by atoms with Crippen molar-refractivity contribution in [1.82, 2.24) is 24.8 Å². The maximum absolute atomic E-state index is 13.2. The van der Waals surface area contributed by atoms with Crippen LogP contribution in [-0.4, -0.2) is 75.7 Å². The van der Waals surface area contributed by atoms with Crippen molar-refractivity contribution < 1.29 is 18.0 Å². The maximum atomic E-state index is 13.2. The number of anilines is 1. The third-order valence-electron chi connectivity index (χ3n) is 5.52. The predicted molar refractivity (Wildman–Crippen MR) is 93.4 cm³/mol. The highest BCUT2D eigenvalue weighted by Gasteiger charge is 2.49. The van der Waals surface area contributed by atoms with E-state index in [1.807, 2.05) is 6.07 Å². The number of carbonyl (C=O) groups excluding carboxylic acids is 1. The molecule has 2 aliphatic heterocycles. The monoisotopic (exact) mass is 382 g/mol. The van der Waals surface area contributed by atoms with Gasteiger partial charge in [0, 0.05) is 32.9 Å². The number of likely N-dealkylation sites (N-methyl/N-ethyl adjacent to an activating group) is 1. The summed E-state index contributed by atoms with van der Waals surface area (Å²) in [6, 6.07) is -0.483. The van der Waals surface area contributed by atoms with Crippen LogP contribution < -0.4 is 4.90 Å². The number of amides is 2. The molecule has 146 valence electrons. The number of hydrogen-bond donors (Lipinski definition) is 1. The van der Waals surface area contributed by atoms with Gasteiger partial charge in [-0.05, 0) is 25.3 Å². The Bertz CT molecular complexity index is 837. The zero-order valence-corrected chi connectivity index (χ0v) is 14.9. The highest BCUT2D eigenvalue weighted by molar-refractivity contribution is 5.87. The van der Waals surface area contributed by atoms with Gasteiger partial charge >= 0.3 is 12.2 Å². The van der Waals surface area contributed by atoms with Crippen molar-refractivity contribution in [2.24, 2.45) is 0 Å². The van der Waals surface area contributed by atoms with Crippen LogP contribution in [0.2, 0.25) is 0 Å². The number of nitrogens with zero attached hydrogens (tertiary/aromatic N) is 5. The van der Waals surface area contributed by atoms with Crippen LogP contribution >= 0.6 is 0 Å². The van der Waals surface area contributed by atoms with Crippen LogP contribution in [0.4, 0.5) is 23.8 Å². The molecule has 2 fully saturated rings. The van der Waals surface area contributed by atoms with Crippen LogP contribution in [-0.2, 0) is 0 Å². The van der Waals surface area contributed by atoms with Gasteiger partial charge in [-0.1, -0.05) is 0 Å². The van der Waals surface area contributed by atoms with Gasteiger partial charge in [0.25, 0.3) is 0 Å². The number of aromatic amines is 1. The first-order valence-electron chi connectivity index (χ1n) is 8.99. The number of likely N-dealkylation sites (tertiary alicyclic amines) is 1. The Labute approximate surface area is 154 Å². The fourth-order valence-electron chi connectivity index (χ4n) is 4.06. The van der Waals surface area contributed by atoms with E-state index >= 15 is 0 Å². The van der Waals surface area contributed by atoms with Crippen molar-refractivity contribution in [3.05, 3.63) is 18.6 Å². The number of fused-ring (bicyclic) bond motifs is 1. The second kappa shape index (κ2) is 6.58. The van der Waals surface area contributed by atoms with E-state index in [9.17, 15) is 18.0 Å². The Balaban J connectivity index is 1.47. The minimum Gasteiger partial charge on any atom is -0.354 e. The van der Waals surface area contributed by atoms with Crippen molar-refractivity contribution in [3.63, 3.8) is 0 Å². The third-order valence-corrected chi connectivity index (χ3v) is 5.52. The molecule has 27 heavy (non-hydrogen) atoms. The summed E-state index contributed by atoms with van der Waals surface area (Å²) in [5.74, 6) is 0.777. The Hall–Kier alpha value is -2.52. The summed E-state index contributed by atoms with van der Waals surface area (Å²) in [5, 5.41) is 0.892. The molecule has 2 atom stereocenters. The van der Waals surface area contributed by atoms with Crippen molar-refractivity contribution in [2.45, 2.75) is 37.5 Å². The average molecular weight is 382 g/mol. The molecule has 0 radical (unpaired) electrons. The summed E-state index contributed by atoms with van der Waals surface area (Å²) < 4.78 is 39.5. The van der Waals surface area contributed by atoms with Gasteiger partial charge in [-0.25, -0.2) is 14.8 Å². The third kappa shape index (κ3) is 3.17. The zero-order chi connectivity index (χ0) is 19.2. The molecule has 0 spiro atoms. The normalized spacial score (nSPS) is 23.4. The lowest BCUT2D eigenvalue weighted by Crippen LogP contribution is -2.52. The van der Waals surface area contributed by atoms with Crippen LogP contribution in [0.25, 0.3) is 11.0 Å². The van der Waals surface area contributed by atoms with Gasteiger partial charge in [-0.2, -0.15) is 13.2 Å². The van der Waals surface area contributed by atoms with E-state index in [2.05, 4.69) is 19.9 Å². The molecule has 2 aromatic rings. The Morgan fingerprint density at radius 2 is 2.11 bits per heavy atom. The number of urea groups is 1. The second-order valence-electron chi connectivity index (χ2n) is 7.11. The van der Waals surface area contributed by atoms with Gasteiger partial charge in [0.15, 0.2) is 0 Å². The van der Waals surface area contributed by atoms with Crippen molar-refractivity contribution in [3.8, 4) is 0 Å².